The molecule has 0 aliphatic heterocycles. The predicted octanol–water partition coefficient (Wildman–Crippen LogP) is 4.37. The topological polar surface area (TPSA) is 254 Å². The molecule has 0 aliphatic rings. The number of hydrogen-bond acceptors (Lipinski definition) is 11. The van der Waals surface area contributed by atoms with Gasteiger partial charge in [-0.15, -0.1) is 0 Å². The Labute approximate surface area is 359 Å². The SMILES string of the molecule is CC(C)(N)CCCCCNC(=O)COCCOCCNC(=O)COCCOCCNC(=O)CC[C@H](NC(=O)CCCCCCCCCCCCCCCCC(=O)O)C(=O)O. The molecule has 0 radical (unpaired) electrons. The summed E-state index contributed by atoms with van der Waals surface area (Å²) in [5.41, 5.74) is 5.80. The van der Waals surface area contributed by atoms with Gasteiger partial charge in [-0.05, 0) is 46.0 Å². The van der Waals surface area contributed by atoms with E-state index in [9.17, 15) is 33.9 Å². The molecule has 0 saturated heterocycles. The number of carbonyl (C=O) groups excluding carboxylic acids is 4. The van der Waals surface area contributed by atoms with Crippen molar-refractivity contribution in [3.8, 4) is 0 Å². The Kier molecular flexibility index (Phi) is 37.5. The number of carboxylic acid groups (broad SMARTS) is 2. The largest absolute Gasteiger partial charge is 0.481 e. The Morgan fingerprint density at radius 2 is 0.900 bits per heavy atom. The van der Waals surface area contributed by atoms with Gasteiger partial charge in [0.2, 0.25) is 23.6 Å². The minimum atomic E-state index is -1.18. The van der Waals surface area contributed by atoms with Crippen LogP contribution in [0.2, 0.25) is 0 Å². The lowest BCUT2D eigenvalue weighted by Crippen LogP contribution is -2.41. The smallest absolute Gasteiger partial charge is 0.326 e. The number of hydrogen-bond donors (Lipinski definition) is 7. The van der Waals surface area contributed by atoms with E-state index in [2.05, 4.69) is 21.3 Å². The molecule has 0 bridgehead atoms. The summed E-state index contributed by atoms with van der Waals surface area (Å²) in [5.74, 6) is -3.03. The van der Waals surface area contributed by atoms with Crippen LogP contribution < -0.4 is 27.0 Å². The molecule has 0 fully saturated rings. The van der Waals surface area contributed by atoms with Gasteiger partial charge in [0.1, 0.15) is 19.3 Å². The highest BCUT2D eigenvalue weighted by Gasteiger charge is 2.21. The summed E-state index contributed by atoms with van der Waals surface area (Å²) in [4.78, 5) is 70.4. The lowest BCUT2D eigenvalue weighted by Gasteiger charge is -2.17. The van der Waals surface area contributed by atoms with Crippen LogP contribution in [-0.4, -0.2) is 130 Å². The molecule has 0 aromatic carbocycles. The fourth-order valence-corrected chi connectivity index (χ4v) is 6.08. The first-order chi connectivity index (χ1) is 28.8. The zero-order chi connectivity index (χ0) is 44.5. The standard InChI is InChI=1S/C43H81N5O12/c1-43(2,44)24-18-15-19-25-45-39(51)34-59-32-31-58-29-27-47-40(52)35-60-33-30-57-28-26-46-37(49)23-22-36(42(55)56)48-38(50)20-16-13-11-9-7-5-3-4-6-8-10-12-14-17-21-41(53)54/h36H,3-35,44H2,1-2H3,(H,45,51)(H,46,49)(H,47,52)(H,48,50)(H,53,54)(H,55,56)/t36-/m0/s1. The van der Waals surface area contributed by atoms with Crippen LogP contribution >= 0.6 is 0 Å². The second-order valence-electron chi connectivity index (χ2n) is 16.0. The molecule has 17 nitrogen and oxygen atoms in total. The molecule has 4 amide bonds. The molecule has 1 atom stereocenters. The molecule has 0 aliphatic carbocycles. The maximum absolute atomic E-state index is 12.3. The van der Waals surface area contributed by atoms with E-state index in [-0.39, 0.29) is 108 Å². The molecule has 0 saturated carbocycles. The predicted molar refractivity (Wildman–Crippen MR) is 229 cm³/mol. The third kappa shape index (κ3) is 42.7. The number of nitrogens with one attached hydrogen (secondary N) is 4. The average Bonchev–Trinajstić information content (AvgIpc) is 3.18. The zero-order valence-corrected chi connectivity index (χ0v) is 37.0. The van der Waals surface area contributed by atoms with Gasteiger partial charge in [0, 0.05) is 44.4 Å². The summed E-state index contributed by atoms with van der Waals surface area (Å²) in [5, 5.41) is 28.9. The average molecular weight is 860 g/mol. The highest BCUT2D eigenvalue weighted by Crippen LogP contribution is 2.14. The second-order valence-corrected chi connectivity index (χ2v) is 16.0. The summed E-state index contributed by atoms with van der Waals surface area (Å²) < 4.78 is 21.4. The fourth-order valence-electron chi connectivity index (χ4n) is 6.08. The number of ether oxygens (including phenoxy) is 4. The van der Waals surface area contributed by atoms with Gasteiger partial charge < -0.3 is 56.2 Å². The highest BCUT2D eigenvalue weighted by molar-refractivity contribution is 5.84. The first-order valence-electron chi connectivity index (χ1n) is 22.4. The van der Waals surface area contributed by atoms with Crippen molar-refractivity contribution < 1.29 is 57.9 Å². The highest BCUT2D eigenvalue weighted by atomic mass is 16.5. The van der Waals surface area contributed by atoms with Crippen LogP contribution in [0.1, 0.15) is 155 Å². The summed E-state index contributed by atoms with van der Waals surface area (Å²) >= 11 is 0. The fraction of sp³-hybridized carbons (Fsp3) is 0.860. The van der Waals surface area contributed by atoms with Crippen molar-refractivity contribution in [3.63, 3.8) is 0 Å². The van der Waals surface area contributed by atoms with Crippen molar-refractivity contribution in [1.29, 1.82) is 0 Å². The molecule has 8 N–H and O–H groups in total. The maximum atomic E-state index is 12.3. The van der Waals surface area contributed by atoms with E-state index in [0.29, 0.717) is 26.1 Å². The molecule has 0 heterocycles. The second kappa shape index (κ2) is 39.7. The van der Waals surface area contributed by atoms with E-state index in [0.717, 1.165) is 64.2 Å². The molecular formula is C43H81N5O12. The van der Waals surface area contributed by atoms with Crippen molar-refractivity contribution in [1.82, 2.24) is 21.3 Å². The van der Waals surface area contributed by atoms with Crippen molar-refractivity contribution >= 4 is 35.6 Å². The van der Waals surface area contributed by atoms with Crippen molar-refractivity contribution in [2.45, 2.75) is 167 Å². The van der Waals surface area contributed by atoms with Gasteiger partial charge >= 0.3 is 11.9 Å². The third-order valence-corrected chi connectivity index (χ3v) is 9.51. The molecule has 0 rings (SSSR count). The van der Waals surface area contributed by atoms with Gasteiger partial charge in [-0.2, -0.15) is 0 Å². The van der Waals surface area contributed by atoms with Gasteiger partial charge in [-0.3, -0.25) is 24.0 Å². The molecule has 0 unspecified atom stereocenters. The van der Waals surface area contributed by atoms with Gasteiger partial charge in [-0.1, -0.05) is 89.9 Å². The molecule has 350 valence electrons. The van der Waals surface area contributed by atoms with Crippen molar-refractivity contribution in [3.05, 3.63) is 0 Å². The zero-order valence-electron chi connectivity index (χ0n) is 37.0. The first kappa shape index (κ1) is 56.6. The van der Waals surface area contributed by atoms with E-state index in [4.69, 9.17) is 29.8 Å². The number of carboxylic acids is 2. The van der Waals surface area contributed by atoms with Crippen LogP contribution in [0.5, 0.6) is 0 Å². The monoisotopic (exact) mass is 860 g/mol. The summed E-state index contributed by atoms with van der Waals surface area (Å²) in [6, 6.07) is -1.13. The quantitative estimate of drug-likeness (QED) is 0.0421. The summed E-state index contributed by atoms with van der Waals surface area (Å²) in [6.45, 7) is 6.40. The number of nitrogens with two attached hydrogens (primary N) is 1. The number of carbonyl (C=O) groups is 6. The molecule has 0 spiro atoms. The third-order valence-electron chi connectivity index (χ3n) is 9.51. The van der Waals surface area contributed by atoms with E-state index in [1.54, 1.807) is 0 Å². The van der Waals surface area contributed by atoms with E-state index >= 15 is 0 Å². The van der Waals surface area contributed by atoms with Crippen LogP contribution in [0.3, 0.4) is 0 Å². The lowest BCUT2D eigenvalue weighted by molar-refractivity contribution is -0.142. The normalized spacial score (nSPS) is 11.8. The van der Waals surface area contributed by atoms with Crippen LogP contribution in [0, 0.1) is 0 Å². The Balaban J connectivity index is 3.64. The Bertz CT molecular complexity index is 1140. The van der Waals surface area contributed by atoms with Crippen LogP contribution in [0.25, 0.3) is 0 Å². The van der Waals surface area contributed by atoms with E-state index in [1.165, 1.54) is 44.9 Å². The molecule has 60 heavy (non-hydrogen) atoms. The van der Waals surface area contributed by atoms with Gasteiger partial charge in [0.25, 0.3) is 0 Å². The number of aliphatic carboxylic acids is 2. The van der Waals surface area contributed by atoms with E-state index in [1.807, 2.05) is 13.8 Å². The maximum Gasteiger partial charge on any atom is 0.326 e. The Morgan fingerprint density at radius 1 is 0.483 bits per heavy atom. The van der Waals surface area contributed by atoms with Gasteiger partial charge in [0.15, 0.2) is 0 Å². The van der Waals surface area contributed by atoms with Crippen LogP contribution in [-0.2, 0) is 47.7 Å². The minimum absolute atomic E-state index is 0.0206. The number of rotatable bonds is 44. The molecular weight excluding hydrogens is 778 g/mol. The van der Waals surface area contributed by atoms with Crippen molar-refractivity contribution in [2.24, 2.45) is 5.73 Å². The lowest BCUT2D eigenvalue weighted by atomic mass is 9.98. The molecule has 0 aromatic rings. The summed E-state index contributed by atoms with van der Waals surface area (Å²) in [7, 11) is 0. The van der Waals surface area contributed by atoms with Crippen LogP contribution in [0.4, 0.5) is 0 Å². The van der Waals surface area contributed by atoms with Gasteiger partial charge in [0.05, 0.1) is 39.6 Å². The minimum Gasteiger partial charge on any atom is -0.481 e. The van der Waals surface area contributed by atoms with Gasteiger partial charge in [-0.25, -0.2) is 4.79 Å². The van der Waals surface area contributed by atoms with E-state index < -0.39 is 18.0 Å². The summed E-state index contributed by atoms with van der Waals surface area (Å²) in [6.07, 6.45) is 19.4. The van der Waals surface area contributed by atoms with Crippen molar-refractivity contribution in [2.75, 3.05) is 72.5 Å². The molecule has 17 heteroatoms. The molecule has 0 aromatic heterocycles. The number of unbranched alkanes of at least 4 members (excludes halogenated alkanes) is 15. The Morgan fingerprint density at radius 3 is 1.37 bits per heavy atom. The first-order valence-corrected chi connectivity index (χ1v) is 22.4. The number of amides is 4. The van der Waals surface area contributed by atoms with Crippen LogP contribution in [0.15, 0.2) is 0 Å². The Hall–Kier alpha value is -3.38.